The van der Waals surface area contributed by atoms with Gasteiger partial charge in [0.05, 0.1) is 12.2 Å². The lowest BCUT2D eigenvalue weighted by Crippen LogP contribution is -2.40. The van der Waals surface area contributed by atoms with Crippen LogP contribution < -0.4 is 0 Å². The topological polar surface area (TPSA) is 29.5 Å². The Kier molecular flexibility index (Phi) is 3.21. The maximum Gasteiger partial charge on any atom is 0.159 e. The molecule has 0 bridgehead atoms. The second kappa shape index (κ2) is 4.47. The van der Waals surface area contributed by atoms with Crippen LogP contribution in [0, 0.1) is 11.6 Å². The van der Waals surface area contributed by atoms with E-state index < -0.39 is 17.2 Å². The molecule has 88 valence electrons. The predicted molar refractivity (Wildman–Crippen MR) is 55.1 cm³/mol. The number of hydrogen-bond donors (Lipinski definition) is 1. The second-order valence-electron chi connectivity index (χ2n) is 4.31. The number of hydrogen-bond acceptors (Lipinski definition) is 2. The molecule has 0 spiro atoms. The fraction of sp³-hybridized carbons (Fsp3) is 0.500. The van der Waals surface area contributed by atoms with Gasteiger partial charge in [0.2, 0.25) is 0 Å². The minimum absolute atomic E-state index is 0.256. The largest absolute Gasteiger partial charge is 0.387 e. The van der Waals surface area contributed by atoms with Crippen molar-refractivity contribution >= 4 is 0 Å². The summed E-state index contributed by atoms with van der Waals surface area (Å²) in [6.07, 6.45) is 1.72. The van der Waals surface area contributed by atoms with Crippen LogP contribution in [0.25, 0.3) is 0 Å². The summed E-state index contributed by atoms with van der Waals surface area (Å²) >= 11 is 0. The van der Waals surface area contributed by atoms with Crippen LogP contribution in [0.15, 0.2) is 18.2 Å². The summed E-state index contributed by atoms with van der Waals surface area (Å²) in [5.41, 5.74) is -0.352. The van der Waals surface area contributed by atoms with Gasteiger partial charge in [-0.05, 0) is 30.5 Å². The first kappa shape index (κ1) is 11.5. The fourth-order valence-electron chi connectivity index (χ4n) is 2.01. The van der Waals surface area contributed by atoms with Crippen molar-refractivity contribution in [3.63, 3.8) is 0 Å². The summed E-state index contributed by atoms with van der Waals surface area (Å²) < 4.78 is 30.9. The van der Waals surface area contributed by atoms with Gasteiger partial charge in [0.1, 0.15) is 0 Å². The van der Waals surface area contributed by atoms with E-state index in [9.17, 15) is 13.9 Å². The van der Waals surface area contributed by atoms with Crippen LogP contribution in [-0.4, -0.2) is 23.9 Å². The zero-order valence-corrected chi connectivity index (χ0v) is 8.88. The average molecular weight is 228 g/mol. The van der Waals surface area contributed by atoms with Crippen molar-refractivity contribution in [3.8, 4) is 0 Å². The average Bonchev–Trinajstić information content (AvgIpc) is 2.24. The molecular weight excluding hydrogens is 214 g/mol. The standard InChI is InChI=1S/C12H14F2O2/c13-10-3-2-9(6-11(10)14)7-12(15)4-1-5-16-8-12/h2-3,6,15H,1,4-5,7-8H2. The van der Waals surface area contributed by atoms with Gasteiger partial charge in [-0.1, -0.05) is 6.07 Å². The van der Waals surface area contributed by atoms with Gasteiger partial charge < -0.3 is 9.84 Å². The number of benzene rings is 1. The summed E-state index contributed by atoms with van der Waals surface area (Å²) in [6.45, 7) is 0.909. The van der Waals surface area contributed by atoms with Gasteiger partial charge in [-0.15, -0.1) is 0 Å². The smallest absolute Gasteiger partial charge is 0.159 e. The highest BCUT2D eigenvalue weighted by molar-refractivity contribution is 5.20. The molecule has 1 aromatic rings. The van der Waals surface area contributed by atoms with Crippen molar-refractivity contribution in [3.05, 3.63) is 35.4 Å². The third-order valence-corrected chi connectivity index (χ3v) is 2.82. The highest BCUT2D eigenvalue weighted by Gasteiger charge is 2.30. The highest BCUT2D eigenvalue weighted by atomic mass is 19.2. The Morgan fingerprint density at radius 2 is 2.12 bits per heavy atom. The van der Waals surface area contributed by atoms with Crippen molar-refractivity contribution in [2.75, 3.05) is 13.2 Å². The molecule has 0 radical (unpaired) electrons. The number of ether oxygens (including phenoxy) is 1. The van der Waals surface area contributed by atoms with Crippen LogP contribution in [0.5, 0.6) is 0 Å². The van der Waals surface area contributed by atoms with Gasteiger partial charge >= 0.3 is 0 Å². The second-order valence-corrected chi connectivity index (χ2v) is 4.31. The Balaban J connectivity index is 2.10. The maximum absolute atomic E-state index is 13.0. The van der Waals surface area contributed by atoms with Gasteiger partial charge in [0.25, 0.3) is 0 Å². The number of halogens is 2. The SMILES string of the molecule is OC1(Cc2ccc(F)c(F)c2)CCCOC1. The molecule has 1 aromatic carbocycles. The van der Waals surface area contributed by atoms with Crippen LogP contribution in [-0.2, 0) is 11.2 Å². The maximum atomic E-state index is 13.0. The molecule has 1 atom stereocenters. The van der Waals surface area contributed by atoms with E-state index in [4.69, 9.17) is 4.74 Å². The normalized spacial score (nSPS) is 25.7. The molecule has 1 aliphatic rings. The Morgan fingerprint density at radius 3 is 2.75 bits per heavy atom. The van der Waals surface area contributed by atoms with Gasteiger partial charge in [-0.2, -0.15) is 0 Å². The first-order chi connectivity index (χ1) is 7.59. The summed E-state index contributed by atoms with van der Waals surface area (Å²) in [7, 11) is 0. The summed E-state index contributed by atoms with van der Waals surface area (Å²) in [6, 6.07) is 3.70. The zero-order valence-electron chi connectivity index (χ0n) is 8.88. The monoisotopic (exact) mass is 228 g/mol. The van der Waals surface area contributed by atoms with E-state index in [0.717, 1.165) is 18.6 Å². The Hall–Kier alpha value is -1.00. The Bertz CT molecular complexity index is 373. The minimum Gasteiger partial charge on any atom is -0.387 e. The molecule has 2 rings (SSSR count). The zero-order chi connectivity index (χ0) is 11.6. The molecule has 0 aliphatic carbocycles. The molecule has 1 saturated heterocycles. The summed E-state index contributed by atoms with van der Waals surface area (Å²) in [4.78, 5) is 0. The van der Waals surface area contributed by atoms with Crippen LogP contribution in [0.2, 0.25) is 0 Å². The van der Waals surface area contributed by atoms with Crippen LogP contribution in [0.4, 0.5) is 8.78 Å². The van der Waals surface area contributed by atoms with Gasteiger partial charge in [-0.25, -0.2) is 8.78 Å². The molecule has 2 nitrogen and oxygen atoms in total. The van der Waals surface area contributed by atoms with Crippen molar-refractivity contribution in [2.45, 2.75) is 24.9 Å². The molecular formula is C12H14F2O2. The summed E-state index contributed by atoms with van der Waals surface area (Å²) in [5.74, 6) is -1.74. The molecule has 1 heterocycles. The van der Waals surface area contributed by atoms with Crippen molar-refractivity contribution in [2.24, 2.45) is 0 Å². The molecule has 1 N–H and O–H groups in total. The fourth-order valence-corrected chi connectivity index (χ4v) is 2.01. The van der Waals surface area contributed by atoms with Crippen LogP contribution in [0.1, 0.15) is 18.4 Å². The van der Waals surface area contributed by atoms with E-state index in [2.05, 4.69) is 0 Å². The molecule has 1 unspecified atom stereocenters. The van der Waals surface area contributed by atoms with Gasteiger partial charge in [0, 0.05) is 13.0 Å². The van der Waals surface area contributed by atoms with E-state index in [-0.39, 0.29) is 6.61 Å². The molecule has 16 heavy (non-hydrogen) atoms. The molecule has 4 heteroatoms. The highest BCUT2D eigenvalue weighted by Crippen LogP contribution is 2.24. The Morgan fingerprint density at radius 1 is 1.31 bits per heavy atom. The first-order valence-electron chi connectivity index (χ1n) is 5.33. The van der Waals surface area contributed by atoms with E-state index in [1.807, 2.05) is 0 Å². The molecule has 0 aromatic heterocycles. The van der Waals surface area contributed by atoms with E-state index in [1.54, 1.807) is 0 Å². The number of aliphatic hydroxyl groups is 1. The van der Waals surface area contributed by atoms with Crippen molar-refractivity contribution in [1.29, 1.82) is 0 Å². The van der Waals surface area contributed by atoms with Crippen molar-refractivity contribution in [1.82, 2.24) is 0 Å². The van der Waals surface area contributed by atoms with Gasteiger partial charge in [0.15, 0.2) is 11.6 Å². The lowest BCUT2D eigenvalue weighted by molar-refractivity contribution is -0.0845. The first-order valence-corrected chi connectivity index (χ1v) is 5.33. The van der Waals surface area contributed by atoms with Gasteiger partial charge in [-0.3, -0.25) is 0 Å². The summed E-state index contributed by atoms with van der Waals surface area (Å²) in [5, 5.41) is 10.1. The molecule has 0 amide bonds. The predicted octanol–water partition coefficient (Wildman–Crippen LogP) is 2.05. The van der Waals surface area contributed by atoms with E-state index >= 15 is 0 Å². The third kappa shape index (κ3) is 2.57. The van der Waals surface area contributed by atoms with Crippen LogP contribution >= 0.6 is 0 Å². The van der Waals surface area contributed by atoms with E-state index in [0.29, 0.717) is 25.0 Å². The number of rotatable bonds is 2. The lowest BCUT2D eigenvalue weighted by atomic mass is 9.89. The Labute approximate surface area is 92.9 Å². The molecule has 1 aliphatic heterocycles. The molecule has 0 saturated carbocycles. The molecule has 1 fully saturated rings. The van der Waals surface area contributed by atoms with Crippen LogP contribution in [0.3, 0.4) is 0 Å². The third-order valence-electron chi connectivity index (χ3n) is 2.82. The minimum atomic E-state index is -0.942. The van der Waals surface area contributed by atoms with Crippen molar-refractivity contribution < 1.29 is 18.6 Å². The van der Waals surface area contributed by atoms with E-state index in [1.165, 1.54) is 6.07 Å². The quantitative estimate of drug-likeness (QED) is 0.839. The lowest BCUT2D eigenvalue weighted by Gasteiger charge is -2.32.